The molecule has 2 heterocycles. The fourth-order valence-corrected chi connectivity index (χ4v) is 5.32. The van der Waals surface area contributed by atoms with Crippen LogP contribution in [0.5, 0.6) is 0 Å². The number of Topliss-reactive ketones (excluding diaryl/α,β-unsaturated/α-hetero) is 1. The number of nitriles is 1. The van der Waals surface area contributed by atoms with Gasteiger partial charge in [-0.15, -0.1) is 6.58 Å². The predicted octanol–water partition coefficient (Wildman–Crippen LogP) is 3.82. The lowest BCUT2D eigenvalue weighted by molar-refractivity contribution is -0.124. The van der Waals surface area contributed by atoms with Crippen molar-refractivity contribution in [3.63, 3.8) is 0 Å². The molecule has 2 N–H and O–H groups in total. The minimum atomic E-state index is -1.61. The van der Waals surface area contributed by atoms with Gasteiger partial charge in [-0.3, -0.25) is 14.5 Å². The lowest BCUT2D eigenvalue weighted by Crippen LogP contribution is -2.52. The average Bonchev–Trinajstić information content (AvgIpc) is 3.05. The number of rotatable bonds is 3. The van der Waals surface area contributed by atoms with Crippen LogP contribution in [0, 0.1) is 17.1 Å². The standard InChI is InChI=1S/C26H21FN4O2/c1-2-14-30-20-7-4-3-6-18(20)26(25(30)33)19(15-28)24(29)31(17-12-10-16(27)11-13-17)21-8-5-9-22(32)23(21)26/h2-4,6-7,10-13H,1,5,8-9,14,29H2. The van der Waals surface area contributed by atoms with Gasteiger partial charge in [0.05, 0.1) is 5.57 Å². The molecule has 1 atom stereocenters. The number of benzene rings is 2. The van der Waals surface area contributed by atoms with E-state index >= 15 is 0 Å². The number of para-hydroxylation sites is 1. The molecule has 2 aliphatic heterocycles. The molecule has 0 bridgehead atoms. The molecule has 1 unspecified atom stereocenters. The Morgan fingerprint density at radius 2 is 1.88 bits per heavy atom. The number of anilines is 2. The van der Waals surface area contributed by atoms with Gasteiger partial charge >= 0.3 is 0 Å². The summed E-state index contributed by atoms with van der Waals surface area (Å²) >= 11 is 0. The summed E-state index contributed by atoms with van der Waals surface area (Å²) in [5.41, 5.74) is 7.59. The van der Waals surface area contributed by atoms with Gasteiger partial charge < -0.3 is 10.6 Å². The van der Waals surface area contributed by atoms with Crippen LogP contribution in [0.2, 0.25) is 0 Å². The highest BCUT2D eigenvalue weighted by molar-refractivity contribution is 6.20. The second-order valence-electron chi connectivity index (χ2n) is 8.25. The molecule has 7 heteroatoms. The van der Waals surface area contributed by atoms with Crippen LogP contribution < -0.4 is 15.5 Å². The van der Waals surface area contributed by atoms with Crippen LogP contribution in [0.15, 0.2) is 83.9 Å². The third-order valence-electron chi connectivity index (χ3n) is 6.57. The molecule has 3 aliphatic rings. The summed E-state index contributed by atoms with van der Waals surface area (Å²) in [4.78, 5) is 30.8. The van der Waals surface area contributed by atoms with Gasteiger partial charge in [0, 0.05) is 41.2 Å². The highest BCUT2D eigenvalue weighted by atomic mass is 19.1. The molecule has 0 radical (unpaired) electrons. The Kier molecular flexibility index (Phi) is 4.68. The topological polar surface area (TPSA) is 90.4 Å². The SMILES string of the molecule is C=CCN1C(=O)C2(C(C#N)=C(N)N(c3ccc(F)cc3)C3=C2C(=O)CCC3)c2ccccc21. The van der Waals surface area contributed by atoms with Gasteiger partial charge in [-0.25, -0.2) is 4.39 Å². The van der Waals surface area contributed by atoms with E-state index in [1.165, 1.54) is 12.1 Å². The van der Waals surface area contributed by atoms with Crippen molar-refractivity contribution in [2.45, 2.75) is 24.7 Å². The van der Waals surface area contributed by atoms with Crippen LogP contribution in [-0.4, -0.2) is 18.2 Å². The predicted molar refractivity (Wildman–Crippen MR) is 122 cm³/mol. The maximum absolute atomic E-state index is 14.1. The molecule has 1 amide bonds. The lowest BCUT2D eigenvalue weighted by atomic mass is 9.64. The summed E-state index contributed by atoms with van der Waals surface area (Å²) in [7, 11) is 0. The first kappa shape index (κ1) is 20.7. The van der Waals surface area contributed by atoms with Crippen LogP contribution in [0.3, 0.4) is 0 Å². The number of amides is 1. The number of nitrogens with zero attached hydrogens (tertiary/aromatic N) is 3. The van der Waals surface area contributed by atoms with Crippen LogP contribution in [0.1, 0.15) is 24.8 Å². The summed E-state index contributed by atoms with van der Waals surface area (Å²) < 4.78 is 13.6. The third kappa shape index (κ3) is 2.64. The highest BCUT2D eigenvalue weighted by Crippen LogP contribution is 2.56. The summed E-state index contributed by atoms with van der Waals surface area (Å²) in [6.07, 6.45) is 2.97. The van der Waals surface area contributed by atoms with Crippen molar-refractivity contribution < 1.29 is 14.0 Å². The van der Waals surface area contributed by atoms with Crippen LogP contribution in [0.4, 0.5) is 15.8 Å². The Morgan fingerprint density at radius 1 is 1.15 bits per heavy atom. The second kappa shape index (κ2) is 7.45. The molecule has 1 spiro atoms. The van der Waals surface area contributed by atoms with E-state index in [4.69, 9.17) is 5.73 Å². The number of hydrogen-bond donors (Lipinski definition) is 1. The Balaban J connectivity index is 1.88. The van der Waals surface area contributed by atoms with Gasteiger partial charge in [0.2, 0.25) is 5.91 Å². The zero-order valence-corrected chi connectivity index (χ0v) is 17.8. The van der Waals surface area contributed by atoms with Gasteiger partial charge in [0.25, 0.3) is 0 Å². The highest BCUT2D eigenvalue weighted by Gasteiger charge is 2.62. The molecule has 0 saturated carbocycles. The van der Waals surface area contributed by atoms with E-state index in [9.17, 15) is 19.2 Å². The van der Waals surface area contributed by atoms with Gasteiger partial charge in [-0.2, -0.15) is 5.26 Å². The molecule has 1 aliphatic carbocycles. The summed E-state index contributed by atoms with van der Waals surface area (Å²) in [6.45, 7) is 3.99. The largest absolute Gasteiger partial charge is 0.384 e. The molecule has 0 fully saturated rings. The first-order valence-corrected chi connectivity index (χ1v) is 10.7. The van der Waals surface area contributed by atoms with Crippen molar-refractivity contribution in [1.29, 1.82) is 5.26 Å². The lowest BCUT2D eigenvalue weighted by Gasteiger charge is -2.43. The minimum Gasteiger partial charge on any atom is -0.384 e. The number of ketones is 1. The summed E-state index contributed by atoms with van der Waals surface area (Å²) in [6, 6.07) is 15.0. The number of carbonyl (C=O) groups excluding carboxylic acids is 2. The molecule has 164 valence electrons. The molecular weight excluding hydrogens is 419 g/mol. The van der Waals surface area contributed by atoms with E-state index in [0.29, 0.717) is 35.5 Å². The molecule has 6 nitrogen and oxygen atoms in total. The maximum atomic E-state index is 14.1. The molecule has 2 aromatic carbocycles. The van der Waals surface area contributed by atoms with E-state index in [1.807, 2.05) is 6.07 Å². The van der Waals surface area contributed by atoms with E-state index < -0.39 is 11.2 Å². The molecule has 0 aromatic heterocycles. The van der Waals surface area contributed by atoms with Crippen molar-refractivity contribution in [3.05, 3.63) is 95.2 Å². The third-order valence-corrected chi connectivity index (χ3v) is 6.57. The number of nitrogens with two attached hydrogens (primary N) is 1. The van der Waals surface area contributed by atoms with E-state index in [1.54, 1.807) is 46.2 Å². The molecule has 2 aromatic rings. The zero-order chi connectivity index (χ0) is 23.3. The Hall–Kier alpha value is -4.18. The second-order valence-corrected chi connectivity index (χ2v) is 8.25. The van der Waals surface area contributed by atoms with Crippen molar-refractivity contribution in [1.82, 2.24) is 0 Å². The number of allylic oxidation sites excluding steroid dienone is 1. The number of hydrogen-bond acceptors (Lipinski definition) is 5. The van der Waals surface area contributed by atoms with Crippen molar-refractivity contribution >= 4 is 23.1 Å². The molecular formula is C26H21FN4O2. The first-order valence-electron chi connectivity index (χ1n) is 10.7. The molecule has 33 heavy (non-hydrogen) atoms. The van der Waals surface area contributed by atoms with Gasteiger partial charge in [0.15, 0.2) is 5.78 Å². The monoisotopic (exact) mass is 440 g/mol. The molecule has 0 saturated heterocycles. The van der Waals surface area contributed by atoms with Crippen LogP contribution >= 0.6 is 0 Å². The number of fused-ring (bicyclic) bond motifs is 3. The van der Waals surface area contributed by atoms with Gasteiger partial charge in [-0.1, -0.05) is 24.3 Å². The maximum Gasteiger partial charge on any atom is 0.248 e. The quantitative estimate of drug-likeness (QED) is 0.733. The number of carbonyl (C=O) groups is 2. The molecule has 5 rings (SSSR count). The Bertz CT molecular complexity index is 1320. The summed E-state index contributed by atoms with van der Waals surface area (Å²) in [5.74, 6) is -0.915. The fourth-order valence-electron chi connectivity index (χ4n) is 5.32. The summed E-state index contributed by atoms with van der Waals surface area (Å²) in [5, 5.41) is 10.3. The van der Waals surface area contributed by atoms with Crippen LogP contribution in [0.25, 0.3) is 0 Å². The van der Waals surface area contributed by atoms with Crippen LogP contribution in [-0.2, 0) is 15.0 Å². The van der Waals surface area contributed by atoms with Crippen molar-refractivity contribution in [3.8, 4) is 6.07 Å². The van der Waals surface area contributed by atoms with E-state index in [2.05, 4.69) is 12.6 Å². The smallest absolute Gasteiger partial charge is 0.248 e. The number of halogens is 1. The first-order chi connectivity index (χ1) is 16.0. The van der Waals surface area contributed by atoms with E-state index in [0.717, 1.165) is 0 Å². The average molecular weight is 440 g/mol. The minimum absolute atomic E-state index is 0.00448. The van der Waals surface area contributed by atoms with Crippen molar-refractivity contribution in [2.24, 2.45) is 5.73 Å². The Morgan fingerprint density at radius 3 is 2.58 bits per heavy atom. The fraction of sp³-hybridized carbons (Fsp3) is 0.192. The van der Waals surface area contributed by atoms with Gasteiger partial charge in [0.1, 0.15) is 23.1 Å². The normalized spacial score (nSPS) is 21.9. The van der Waals surface area contributed by atoms with Crippen molar-refractivity contribution in [2.75, 3.05) is 16.3 Å². The Labute approximate surface area is 190 Å². The van der Waals surface area contributed by atoms with Gasteiger partial charge in [-0.05, 0) is 43.2 Å². The zero-order valence-electron chi connectivity index (χ0n) is 17.8. The van der Waals surface area contributed by atoms with E-state index in [-0.39, 0.29) is 41.6 Å².